The minimum atomic E-state index is -0.117. The molecule has 1 N–H and O–H groups in total. The topological polar surface area (TPSA) is 47.9 Å². The summed E-state index contributed by atoms with van der Waals surface area (Å²) < 4.78 is 0. The van der Waals surface area contributed by atoms with Crippen molar-refractivity contribution in [3.63, 3.8) is 0 Å². The van der Waals surface area contributed by atoms with E-state index in [0.717, 1.165) is 39.3 Å². The highest BCUT2D eigenvalue weighted by Crippen LogP contribution is 2.38. The van der Waals surface area contributed by atoms with Gasteiger partial charge in [-0.1, -0.05) is 39.8 Å². The van der Waals surface area contributed by atoms with E-state index in [1.54, 1.807) is 0 Å². The molecule has 0 radical (unpaired) electrons. The van der Waals surface area contributed by atoms with Crippen molar-refractivity contribution in [1.82, 2.24) is 15.2 Å². The number of carbonyl (C=O) groups excluding carboxylic acids is 1. The Morgan fingerprint density at radius 1 is 1.12 bits per heavy atom. The van der Waals surface area contributed by atoms with E-state index in [0.29, 0.717) is 11.5 Å². The lowest BCUT2D eigenvalue weighted by Crippen LogP contribution is -2.60. The molecule has 0 spiro atoms. The molecule has 5 heteroatoms. The van der Waals surface area contributed by atoms with Crippen molar-refractivity contribution in [2.45, 2.75) is 33.1 Å². The van der Waals surface area contributed by atoms with Crippen molar-refractivity contribution in [2.75, 3.05) is 39.3 Å². The van der Waals surface area contributed by atoms with Crippen molar-refractivity contribution < 1.29 is 4.79 Å². The zero-order valence-corrected chi connectivity index (χ0v) is 16.4. The van der Waals surface area contributed by atoms with Crippen LogP contribution in [-0.4, -0.2) is 60.7 Å². The Balaban J connectivity index is 1.50. The standard InChI is InChI=1S/C21H30N4O/c1-20(2,3)17-7-5-15(6-8-17)19(26)23-22-18-16-11-24-9-10-25(12-16)14-21(18,4)13-24/h5-8,16H,9-14H2,1-4H3,(H,23,26)/b22-18-. The number of amides is 1. The van der Waals surface area contributed by atoms with Gasteiger partial charge in [-0.3, -0.25) is 4.79 Å². The van der Waals surface area contributed by atoms with Crippen LogP contribution in [0.2, 0.25) is 0 Å². The Morgan fingerprint density at radius 3 is 2.19 bits per heavy atom. The number of hydrazone groups is 1. The molecule has 0 aromatic heterocycles. The minimum absolute atomic E-state index is 0.0566. The molecule has 4 bridgehead atoms. The molecule has 5 nitrogen and oxygen atoms in total. The van der Waals surface area contributed by atoms with Crippen LogP contribution in [0.3, 0.4) is 0 Å². The lowest BCUT2D eigenvalue weighted by Gasteiger charge is -2.48. The van der Waals surface area contributed by atoms with Gasteiger partial charge in [0.15, 0.2) is 0 Å². The third-order valence-electron chi connectivity index (χ3n) is 6.13. The van der Waals surface area contributed by atoms with Crippen LogP contribution < -0.4 is 5.43 Å². The molecule has 5 rings (SSSR count). The highest BCUT2D eigenvalue weighted by molar-refractivity contribution is 5.98. The number of hydrogen-bond acceptors (Lipinski definition) is 4. The molecule has 2 atom stereocenters. The predicted molar refractivity (Wildman–Crippen MR) is 105 cm³/mol. The number of carbonyl (C=O) groups is 1. The second-order valence-corrected chi connectivity index (χ2v) is 9.49. The van der Waals surface area contributed by atoms with E-state index in [2.05, 4.69) is 48.0 Å². The monoisotopic (exact) mass is 354 g/mol. The molecule has 140 valence electrons. The first-order valence-electron chi connectivity index (χ1n) is 9.68. The average Bonchev–Trinajstić information content (AvgIpc) is 2.80. The molecule has 1 aromatic carbocycles. The molecule has 4 saturated heterocycles. The summed E-state index contributed by atoms with van der Waals surface area (Å²) >= 11 is 0. The van der Waals surface area contributed by atoms with Crippen molar-refractivity contribution >= 4 is 11.6 Å². The average molecular weight is 354 g/mol. The van der Waals surface area contributed by atoms with Crippen molar-refractivity contribution in [3.05, 3.63) is 35.4 Å². The molecule has 0 saturated carbocycles. The van der Waals surface area contributed by atoms with Crippen molar-refractivity contribution in [1.29, 1.82) is 0 Å². The molecule has 1 aromatic rings. The van der Waals surface area contributed by atoms with Crippen molar-refractivity contribution in [3.8, 4) is 0 Å². The van der Waals surface area contributed by atoms with Gasteiger partial charge in [-0.05, 0) is 23.1 Å². The molecule has 0 aliphatic carbocycles. The minimum Gasteiger partial charge on any atom is -0.300 e. The summed E-state index contributed by atoms with van der Waals surface area (Å²) in [5, 5.41) is 4.65. The Kier molecular flexibility index (Phi) is 4.20. The van der Waals surface area contributed by atoms with E-state index in [-0.39, 0.29) is 16.7 Å². The highest BCUT2D eigenvalue weighted by Gasteiger charge is 2.49. The van der Waals surface area contributed by atoms with Crippen LogP contribution in [0.5, 0.6) is 0 Å². The third-order valence-corrected chi connectivity index (χ3v) is 6.13. The van der Waals surface area contributed by atoms with E-state index in [1.807, 2.05) is 24.3 Å². The normalized spacial score (nSPS) is 34.8. The van der Waals surface area contributed by atoms with Gasteiger partial charge in [0, 0.05) is 56.2 Å². The number of benzene rings is 1. The molecular formula is C21H30N4O. The highest BCUT2D eigenvalue weighted by atomic mass is 16.2. The maximum Gasteiger partial charge on any atom is 0.271 e. The van der Waals surface area contributed by atoms with Crippen LogP contribution in [-0.2, 0) is 5.41 Å². The van der Waals surface area contributed by atoms with Gasteiger partial charge in [-0.15, -0.1) is 0 Å². The fourth-order valence-electron chi connectivity index (χ4n) is 4.82. The van der Waals surface area contributed by atoms with Gasteiger partial charge in [-0.2, -0.15) is 5.10 Å². The number of rotatable bonds is 2. The lowest BCUT2D eigenvalue weighted by molar-refractivity contribution is 0.0948. The van der Waals surface area contributed by atoms with Gasteiger partial charge in [0.2, 0.25) is 0 Å². The summed E-state index contributed by atoms with van der Waals surface area (Å²) in [5.74, 6) is 0.322. The van der Waals surface area contributed by atoms with Gasteiger partial charge in [-0.25, -0.2) is 5.43 Å². The Morgan fingerprint density at radius 2 is 1.69 bits per heavy atom. The molecule has 4 aliphatic heterocycles. The Hall–Kier alpha value is -1.72. The van der Waals surface area contributed by atoms with Gasteiger partial charge in [0.25, 0.3) is 5.91 Å². The molecular weight excluding hydrogens is 324 g/mol. The number of fused-ring (bicyclic) bond motifs is 1. The fraction of sp³-hybridized carbons (Fsp3) is 0.619. The SMILES string of the molecule is CC12CN3CCN(CC(C3)/C1=N/NC(=O)c1ccc(C(C)(C)C)cc1)C2. The van der Waals surface area contributed by atoms with Gasteiger partial charge in [0.05, 0.1) is 5.71 Å². The second-order valence-electron chi connectivity index (χ2n) is 9.49. The smallest absolute Gasteiger partial charge is 0.271 e. The zero-order chi connectivity index (χ0) is 18.5. The second kappa shape index (κ2) is 6.17. The van der Waals surface area contributed by atoms with E-state index in [9.17, 15) is 4.79 Å². The largest absolute Gasteiger partial charge is 0.300 e. The Bertz CT molecular complexity index is 715. The third kappa shape index (κ3) is 3.19. The first-order chi connectivity index (χ1) is 12.2. The number of piperidine rings is 2. The van der Waals surface area contributed by atoms with Crippen LogP contribution >= 0.6 is 0 Å². The predicted octanol–water partition coefficient (Wildman–Crippen LogP) is 2.34. The number of nitrogens with zero attached hydrogens (tertiary/aromatic N) is 3. The molecule has 4 aliphatic rings. The number of hydrogen-bond donors (Lipinski definition) is 1. The Labute approximate surface area is 156 Å². The van der Waals surface area contributed by atoms with Gasteiger partial charge >= 0.3 is 0 Å². The summed E-state index contributed by atoms with van der Waals surface area (Å²) in [7, 11) is 0. The summed E-state index contributed by atoms with van der Waals surface area (Å²) in [5.41, 5.74) is 6.07. The summed E-state index contributed by atoms with van der Waals surface area (Å²) in [6.45, 7) is 15.4. The van der Waals surface area contributed by atoms with Crippen LogP contribution in [0.15, 0.2) is 29.4 Å². The summed E-state index contributed by atoms with van der Waals surface area (Å²) in [6, 6.07) is 7.88. The van der Waals surface area contributed by atoms with Crippen LogP contribution in [0.4, 0.5) is 0 Å². The zero-order valence-electron chi connectivity index (χ0n) is 16.4. The van der Waals surface area contributed by atoms with Crippen LogP contribution in [0.1, 0.15) is 43.6 Å². The van der Waals surface area contributed by atoms with E-state index in [4.69, 9.17) is 0 Å². The first kappa shape index (κ1) is 17.7. The van der Waals surface area contributed by atoms with Crippen LogP contribution in [0.25, 0.3) is 0 Å². The number of nitrogens with one attached hydrogen (secondary N) is 1. The summed E-state index contributed by atoms with van der Waals surface area (Å²) in [6.07, 6.45) is 0. The van der Waals surface area contributed by atoms with Gasteiger partial charge < -0.3 is 9.80 Å². The summed E-state index contributed by atoms with van der Waals surface area (Å²) in [4.78, 5) is 17.7. The van der Waals surface area contributed by atoms with E-state index < -0.39 is 0 Å². The molecule has 4 heterocycles. The lowest BCUT2D eigenvalue weighted by atomic mass is 9.72. The molecule has 26 heavy (non-hydrogen) atoms. The maximum absolute atomic E-state index is 12.6. The molecule has 4 fully saturated rings. The molecule has 1 amide bonds. The fourth-order valence-corrected chi connectivity index (χ4v) is 4.82. The van der Waals surface area contributed by atoms with Crippen LogP contribution in [0, 0.1) is 11.3 Å². The maximum atomic E-state index is 12.6. The van der Waals surface area contributed by atoms with Gasteiger partial charge in [0.1, 0.15) is 0 Å². The van der Waals surface area contributed by atoms with E-state index in [1.165, 1.54) is 11.3 Å². The van der Waals surface area contributed by atoms with Crippen molar-refractivity contribution in [2.24, 2.45) is 16.4 Å². The quantitative estimate of drug-likeness (QED) is 0.830. The van der Waals surface area contributed by atoms with E-state index >= 15 is 0 Å². The molecule has 2 unspecified atom stereocenters. The first-order valence-corrected chi connectivity index (χ1v) is 9.68.